The highest BCUT2D eigenvalue weighted by Crippen LogP contribution is 2.09. The minimum absolute atomic E-state index is 0.223. The van der Waals surface area contributed by atoms with Crippen molar-refractivity contribution >= 4 is 59.4 Å². The SMILES string of the molecule is Clc1ccc(/C=N/N=C(N/N=C/c2ccc(Cl)cc2)N/N=C/c2ccc(Cl)cc2)cc1. The molecule has 0 spiro atoms. The normalized spacial score (nSPS) is 11.3. The Balaban J connectivity index is 1.69. The van der Waals surface area contributed by atoms with Crippen LogP contribution in [0.2, 0.25) is 15.1 Å². The summed E-state index contributed by atoms with van der Waals surface area (Å²) in [5, 5.41) is 18.4. The molecule has 156 valence electrons. The Hall–Kier alpha value is -3.19. The summed E-state index contributed by atoms with van der Waals surface area (Å²) in [6.45, 7) is 0. The fourth-order valence-electron chi connectivity index (χ4n) is 2.21. The second-order valence-electron chi connectivity index (χ2n) is 6.09. The molecule has 0 saturated heterocycles. The van der Waals surface area contributed by atoms with Crippen molar-refractivity contribution in [2.45, 2.75) is 0 Å². The molecular formula is C22H17Cl3N6. The first-order chi connectivity index (χ1) is 15.1. The summed E-state index contributed by atoms with van der Waals surface area (Å²) in [4.78, 5) is 0. The average Bonchev–Trinajstić information content (AvgIpc) is 2.77. The van der Waals surface area contributed by atoms with Crippen LogP contribution in [0.25, 0.3) is 0 Å². The lowest BCUT2D eigenvalue weighted by atomic mass is 10.2. The molecule has 0 radical (unpaired) electrons. The summed E-state index contributed by atoms with van der Waals surface area (Å²) in [6.07, 6.45) is 4.84. The van der Waals surface area contributed by atoms with Gasteiger partial charge in [0.05, 0.1) is 18.6 Å². The van der Waals surface area contributed by atoms with Gasteiger partial charge in [0.2, 0.25) is 0 Å². The van der Waals surface area contributed by atoms with Crippen molar-refractivity contribution in [2.75, 3.05) is 0 Å². The van der Waals surface area contributed by atoms with Gasteiger partial charge in [-0.2, -0.15) is 15.3 Å². The molecule has 0 atom stereocenters. The van der Waals surface area contributed by atoms with E-state index in [2.05, 4.69) is 31.3 Å². The number of benzene rings is 3. The molecule has 0 aromatic heterocycles. The largest absolute Gasteiger partial charge is 0.257 e. The van der Waals surface area contributed by atoms with Gasteiger partial charge in [-0.25, -0.2) is 10.9 Å². The lowest BCUT2D eigenvalue weighted by Gasteiger charge is -2.02. The third-order valence-corrected chi connectivity index (χ3v) is 4.50. The number of halogens is 3. The fourth-order valence-corrected chi connectivity index (χ4v) is 2.58. The predicted molar refractivity (Wildman–Crippen MR) is 131 cm³/mol. The zero-order chi connectivity index (χ0) is 21.9. The molecule has 0 bridgehead atoms. The molecule has 0 unspecified atom stereocenters. The zero-order valence-corrected chi connectivity index (χ0v) is 18.4. The van der Waals surface area contributed by atoms with E-state index in [9.17, 15) is 0 Å². The molecule has 0 fully saturated rings. The van der Waals surface area contributed by atoms with Crippen molar-refractivity contribution in [1.82, 2.24) is 10.9 Å². The van der Waals surface area contributed by atoms with Crippen molar-refractivity contribution in [3.05, 3.63) is 105 Å². The van der Waals surface area contributed by atoms with Crippen molar-refractivity contribution in [3.8, 4) is 0 Å². The monoisotopic (exact) mass is 470 g/mol. The van der Waals surface area contributed by atoms with Crippen LogP contribution in [-0.2, 0) is 0 Å². The van der Waals surface area contributed by atoms with Gasteiger partial charge in [0.15, 0.2) is 0 Å². The zero-order valence-electron chi connectivity index (χ0n) is 16.1. The first-order valence-corrected chi connectivity index (χ1v) is 10.2. The van der Waals surface area contributed by atoms with Crippen LogP contribution in [0.15, 0.2) is 93.2 Å². The Morgan fingerprint density at radius 2 is 0.903 bits per heavy atom. The minimum atomic E-state index is 0.223. The first-order valence-electron chi connectivity index (χ1n) is 9.04. The number of nitrogens with zero attached hydrogens (tertiary/aromatic N) is 4. The third-order valence-electron chi connectivity index (χ3n) is 3.74. The van der Waals surface area contributed by atoms with E-state index in [1.165, 1.54) is 0 Å². The van der Waals surface area contributed by atoms with Crippen LogP contribution in [-0.4, -0.2) is 24.6 Å². The van der Waals surface area contributed by atoms with Gasteiger partial charge < -0.3 is 0 Å². The van der Waals surface area contributed by atoms with Gasteiger partial charge in [-0.3, -0.25) is 0 Å². The summed E-state index contributed by atoms with van der Waals surface area (Å²) >= 11 is 17.7. The third kappa shape index (κ3) is 8.22. The van der Waals surface area contributed by atoms with Gasteiger partial charge in [-0.1, -0.05) is 71.2 Å². The first kappa shape index (κ1) is 22.5. The molecule has 3 aromatic rings. The Morgan fingerprint density at radius 3 is 1.29 bits per heavy atom. The van der Waals surface area contributed by atoms with Crippen LogP contribution in [0.3, 0.4) is 0 Å². The van der Waals surface area contributed by atoms with Crippen LogP contribution in [0, 0.1) is 0 Å². The van der Waals surface area contributed by atoms with Crippen LogP contribution < -0.4 is 10.9 Å². The molecule has 9 heteroatoms. The molecule has 0 amide bonds. The standard InChI is InChI=1S/C22H17Cl3N6/c23-19-7-1-16(2-8-19)13-26-29-22(30-27-14-17-3-9-20(24)10-4-17)31-28-15-18-5-11-21(25)12-6-18/h1-15H,(H2,29,30,31)/b26-13+,27-14+,28-15+. The van der Waals surface area contributed by atoms with Gasteiger partial charge in [0.1, 0.15) is 0 Å². The molecule has 3 rings (SSSR count). The Bertz CT molecular complexity index is 1030. The molecule has 2 N–H and O–H groups in total. The number of rotatable bonds is 6. The Kier molecular flexibility index (Phi) is 8.60. The van der Waals surface area contributed by atoms with Crippen molar-refractivity contribution in [3.63, 3.8) is 0 Å². The van der Waals surface area contributed by atoms with Gasteiger partial charge in [-0.05, 0) is 53.1 Å². The number of nitrogens with one attached hydrogen (secondary N) is 2. The van der Waals surface area contributed by atoms with E-state index in [1.807, 2.05) is 36.4 Å². The van der Waals surface area contributed by atoms with E-state index in [0.717, 1.165) is 16.7 Å². The second kappa shape index (κ2) is 11.9. The highest BCUT2D eigenvalue weighted by Gasteiger charge is 1.96. The summed E-state index contributed by atoms with van der Waals surface area (Å²) in [7, 11) is 0. The lowest BCUT2D eigenvalue weighted by molar-refractivity contribution is 0.890. The summed E-state index contributed by atoms with van der Waals surface area (Å²) in [6, 6.07) is 21.7. The summed E-state index contributed by atoms with van der Waals surface area (Å²) < 4.78 is 0. The molecule has 31 heavy (non-hydrogen) atoms. The van der Waals surface area contributed by atoms with E-state index in [0.29, 0.717) is 15.1 Å². The predicted octanol–water partition coefficient (Wildman–Crippen LogP) is 5.58. The average molecular weight is 472 g/mol. The molecule has 0 heterocycles. The fraction of sp³-hybridized carbons (Fsp3) is 0. The maximum absolute atomic E-state index is 5.89. The van der Waals surface area contributed by atoms with E-state index in [-0.39, 0.29) is 5.96 Å². The molecule has 6 nitrogen and oxygen atoms in total. The van der Waals surface area contributed by atoms with Crippen LogP contribution >= 0.6 is 34.8 Å². The van der Waals surface area contributed by atoms with Crippen LogP contribution in [0.4, 0.5) is 0 Å². The van der Waals surface area contributed by atoms with Crippen LogP contribution in [0.1, 0.15) is 16.7 Å². The Morgan fingerprint density at radius 1 is 0.548 bits per heavy atom. The van der Waals surface area contributed by atoms with E-state index in [1.54, 1.807) is 55.0 Å². The van der Waals surface area contributed by atoms with E-state index >= 15 is 0 Å². The van der Waals surface area contributed by atoms with E-state index < -0.39 is 0 Å². The van der Waals surface area contributed by atoms with Crippen molar-refractivity contribution in [1.29, 1.82) is 0 Å². The smallest absolute Gasteiger partial charge is 0.244 e. The van der Waals surface area contributed by atoms with Gasteiger partial charge in [0, 0.05) is 15.1 Å². The number of guanidine groups is 1. The van der Waals surface area contributed by atoms with Crippen molar-refractivity contribution in [2.24, 2.45) is 20.4 Å². The molecule has 3 aromatic carbocycles. The quantitative estimate of drug-likeness (QED) is 0.280. The minimum Gasteiger partial charge on any atom is -0.244 e. The number of hydrazone groups is 2. The molecule has 0 saturated carbocycles. The van der Waals surface area contributed by atoms with Gasteiger partial charge >= 0.3 is 0 Å². The maximum atomic E-state index is 5.89. The Labute approximate surface area is 195 Å². The molecule has 0 aliphatic carbocycles. The number of hydrogen-bond donors (Lipinski definition) is 2. The molecule has 0 aliphatic heterocycles. The summed E-state index contributed by atoms with van der Waals surface area (Å²) in [5.74, 6) is 0.223. The van der Waals surface area contributed by atoms with Crippen molar-refractivity contribution < 1.29 is 0 Å². The molecule has 0 aliphatic rings. The summed E-state index contributed by atoms with van der Waals surface area (Å²) in [5.41, 5.74) is 8.14. The topological polar surface area (TPSA) is 73.5 Å². The second-order valence-corrected chi connectivity index (χ2v) is 7.40. The lowest BCUT2D eigenvalue weighted by Crippen LogP contribution is -2.30. The van der Waals surface area contributed by atoms with E-state index in [4.69, 9.17) is 34.8 Å². The van der Waals surface area contributed by atoms with Gasteiger partial charge in [0.25, 0.3) is 5.96 Å². The highest BCUT2D eigenvalue weighted by molar-refractivity contribution is 6.31. The highest BCUT2D eigenvalue weighted by atomic mass is 35.5. The molecular weight excluding hydrogens is 455 g/mol. The number of hydrogen-bond acceptors (Lipinski definition) is 4. The van der Waals surface area contributed by atoms with Crippen LogP contribution in [0.5, 0.6) is 0 Å². The maximum Gasteiger partial charge on any atom is 0.257 e. The van der Waals surface area contributed by atoms with Gasteiger partial charge in [-0.15, -0.1) is 5.10 Å².